The molecule has 36 heavy (non-hydrogen) atoms. The van der Waals surface area contributed by atoms with Crippen LogP contribution >= 0.6 is 11.3 Å². The number of cyclic esters (lactones) is 1. The zero-order valence-corrected chi connectivity index (χ0v) is 22.8. The van der Waals surface area contributed by atoms with E-state index in [1.165, 1.54) is 0 Å². The highest BCUT2D eigenvalue weighted by molar-refractivity contribution is 7.09. The Labute approximate surface area is 217 Å². The molecule has 0 unspecified atom stereocenters. The third-order valence-corrected chi connectivity index (χ3v) is 9.24. The number of hydrogen-bond donors (Lipinski definition) is 2. The maximum absolute atomic E-state index is 13.5. The van der Waals surface area contributed by atoms with E-state index in [2.05, 4.69) is 11.9 Å². The van der Waals surface area contributed by atoms with Crippen LogP contribution in [0.2, 0.25) is 0 Å². The molecule has 0 amide bonds. The van der Waals surface area contributed by atoms with E-state index < -0.39 is 35.6 Å². The van der Waals surface area contributed by atoms with Gasteiger partial charge in [-0.3, -0.25) is 9.59 Å². The van der Waals surface area contributed by atoms with Crippen LogP contribution in [0.15, 0.2) is 22.6 Å². The summed E-state index contributed by atoms with van der Waals surface area (Å²) >= 11 is 1.56. The minimum atomic E-state index is -1.15. The minimum Gasteiger partial charge on any atom is -0.458 e. The van der Waals surface area contributed by atoms with Crippen molar-refractivity contribution in [2.75, 3.05) is 0 Å². The molecular formula is C28H39NO6S. The number of carbonyl (C=O) groups excluding carboxylic acids is 2. The summed E-state index contributed by atoms with van der Waals surface area (Å²) in [6.07, 6.45) is 4.84. The maximum Gasteiger partial charge on any atom is 0.309 e. The Morgan fingerprint density at radius 3 is 2.56 bits per heavy atom. The third-order valence-electron chi connectivity index (χ3n) is 8.45. The largest absolute Gasteiger partial charge is 0.458 e. The van der Waals surface area contributed by atoms with Crippen molar-refractivity contribution in [1.82, 2.24) is 4.98 Å². The molecule has 2 fully saturated rings. The highest BCUT2D eigenvalue weighted by Gasteiger charge is 2.54. The summed E-state index contributed by atoms with van der Waals surface area (Å²) in [5, 5.41) is 24.9. The molecule has 7 nitrogen and oxygen atoms in total. The number of Topliss-reactive ketones (excluding diaryl/α,β-unsaturated/α-hetero) is 1. The zero-order valence-electron chi connectivity index (χ0n) is 22.0. The van der Waals surface area contributed by atoms with E-state index in [0.717, 1.165) is 34.7 Å². The lowest BCUT2D eigenvalue weighted by Gasteiger charge is -2.45. The van der Waals surface area contributed by atoms with Crippen molar-refractivity contribution in [2.45, 2.75) is 110 Å². The molecule has 0 bridgehead atoms. The van der Waals surface area contributed by atoms with Crippen molar-refractivity contribution in [3.63, 3.8) is 0 Å². The summed E-state index contributed by atoms with van der Waals surface area (Å²) in [6.45, 7) is 9.48. The highest BCUT2D eigenvalue weighted by atomic mass is 32.1. The number of aliphatic hydroxyl groups excluding tert-OH is 2. The summed E-state index contributed by atoms with van der Waals surface area (Å²) in [4.78, 5) is 31.0. The molecule has 198 valence electrons. The SMILES string of the molecule is CC(=Cc1csc(C)n1)[C@@H]1C[C@@H]2O[C@]2(C)CC/C=C(\C)[C@H](O)[C@@H](C)C(=O)C2(CCC2)[C@@H](O)CC(=O)O1. The van der Waals surface area contributed by atoms with Crippen LogP contribution in [0.5, 0.6) is 0 Å². The average Bonchev–Trinajstić information content (AvgIpc) is 3.22. The van der Waals surface area contributed by atoms with E-state index in [0.29, 0.717) is 25.7 Å². The van der Waals surface area contributed by atoms with Gasteiger partial charge < -0.3 is 19.7 Å². The fourth-order valence-electron chi connectivity index (χ4n) is 5.66. The van der Waals surface area contributed by atoms with Gasteiger partial charge in [0.2, 0.25) is 0 Å². The Kier molecular flexibility index (Phi) is 7.91. The number of carbonyl (C=O) groups is 2. The summed E-state index contributed by atoms with van der Waals surface area (Å²) in [6, 6.07) is 0. The van der Waals surface area contributed by atoms with Gasteiger partial charge in [-0.1, -0.05) is 19.4 Å². The number of nitrogens with zero attached hydrogens (tertiary/aromatic N) is 1. The van der Waals surface area contributed by atoms with E-state index >= 15 is 0 Å². The van der Waals surface area contributed by atoms with Crippen LogP contribution in [0.3, 0.4) is 0 Å². The number of thiazole rings is 1. The number of hydrogen-bond acceptors (Lipinski definition) is 8. The Hall–Kier alpha value is -1.87. The number of esters is 1. The van der Waals surface area contributed by atoms with Crippen LogP contribution in [-0.2, 0) is 19.1 Å². The monoisotopic (exact) mass is 517 g/mol. The Morgan fingerprint density at radius 1 is 1.22 bits per heavy atom. The van der Waals surface area contributed by atoms with Gasteiger partial charge in [-0.25, -0.2) is 4.98 Å². The van der Waals surface area contributed by atoms with Crippen LogP contribution in [0.1, 0.15) is 83.3 Å². The van der Waals surface area contributed by atoms with Crippen LogP contribution in [-0.4, -0.2) is 57.0 Å². The smallest absolute Gasteiger partial charge is 0.309 e. The number of ketones is 1. The molecule has 0 radical (unpaired) electrons. The van der Waals surface area contributed by atoms with Crippen LogP contribution in [0, 0.1) is 18.3 Å². The van der Waals surface area contributed by atoms with Crippen molar-refractivity contribution >= 4 is 29.2 Å². The second-order valence-corrected chi connectivity index (χ2v) is 12.2. The molecule has 1 spiro atoms. The summed E-state index contributed by atoms with van der Waals surface area (Å²) < 4.78 is 12.0. The first-order valence-electron chi connectivity index (χ1n) is 13.0. The number of aliphatic hydroxyl groups is 2. The molecule has 3 heterocycles. The molecule has 6 atom stereocenters. The topological polar surface area (TPSA) is 109 Å². The van der Waals surface area contributed by atoms with Gasteiger partial charge in [0, 0.05) is 17.7 Å². The van der Waals surface area contributed by atoms with Crippen LogP contribution in [0.25, 0.3) is 6.08 Å². The molecule has 1 aliphatic carbocycles. The normalized spacial score (nSPS) is 37.5. The van der Waals surface area contributed by atoms with Crippen LogP contribution in [0.4, 0.5) is 0 Å². The lowest BCUT2D eigenvalue weighted by molar-refractivity contribution is -0.160. The third kappa shape index (κ3) is 5.52. The van der Waals surface area contributed by atoms with E-state index in [4.69, 9.17) is 9.47 Å². The van der Waals surface area contributed by atoms with Gasteiger partial charge in [0.1, 0.15) is 11.9 Å². The molecule has 1 saturated carbocycles. The van der Waals surface area contributed by atoms with Crippen molar-refractivity contribution in [3.05, 3.63) is 33.3 Å². The second kappa shape index (κ2) is 10.5. The fraction of sp³-hybridized carbons (Fsp3) is 0.679. The zero-order chi connectivity index (χ0) is 26.3. The first-order valence-corrected chi connectivity index (χ1v) is 13.9. The average molecular weight is 518 g/mol. The van der Waals surface area contributed by atoms with Crippen molar-refractivity contribution in [1.29, 1.82) is 0 Å². The number of fused-ring (bicyclic) bond motifs is 1. The van der Waals surface area contributed by atoms with Gasteiger partial charge in [-0.2, -0.15) is 0 Å². The lowest BCUT2D eigenvalue weighted by atomic mass is 9.59. The molecular weight excluding hydrogens is 478 g/mol. The summed E-state index contributed by atoms with van der Waals surface area (Å²) in [7, 11) is 0. The van der Waals surface area contributed by atoms with Crippen molar-refractivity contribution in [3.8, 4) is 0 Å². The summed E-state index contributed by atoms with van der Waals surface area (Å²) in [5.74, 6) is -1.38. The predicted molar refractivity (Wildman–Crippen MR) is 138 cm³/mol. The van der Waals surface area contributed by atoms with Crippen LogP contribution < -0.4 is 0 Å². The Balaban J connectivity index is 1.61. The van der Waals surface area contributed by atoms with Crippen molar-refractivity contribution in [2.24, 2.45) is 11.3 Å². The number of aryl methyl sites for hydroxylation is 1. The Morgan fingerprint density at radius 2 is 1.94 bits per heavy atom. The minimum absolute atomic E-state index is 0.0641. The molecule has 0 aromatic carbocycles. The van der Waals surface area contributed by atoms with Gasteiger partial charge in [0.15, 0.2) is 0 Å². The first-order chi connectivity index (χ1) is 16.9. The number of rotatable bonds is 2. The standard InChI is InChI=1S/C28H39NO6S/c1-16-8-6-9-27(5)23(35-27)13-21(17(2)12-20-15-36-19(4)29-20)34-24(31)14-22(30)28(10-7-11-28)26(33)18(3)25(16)32/h8,12,15,18,21-23,25,30,32H,6-7,9-11,13-14H2,1-5H3/b16-8+,17-12?/t18-,21+,22+,23+,25+,27-/m1/s1. The van der Waals surface area contributed by atoms with Gasteiger partial charge in [-0.15, -0.1) is 11.3 Å². The molecule has 8 heteroatoms. The number of allylic oxidation sites excluding steroid dienone is 1. The van der Waals surface area contributed by atoms with Crippen molar-refractivity contribution < 1.29 is 29.3 Å². The first kappa shape index (κ1) is 27.2. The van der Waals surface area contributed by atoms with E-state index in [-0.39, 0.29) is 23.9 Å². The number of epoxide rings is 1. The molecule has 2 N–H and O–H groups in total. The highest BCUT2D eigenvalue weighted by Crippen LogP contribution is 2.49. The molecule has 2 aliphatic heterocycles. The lowest BCUT2D eigenvalue weighted by Crippen LogP contribution is -2.52. The molecule has 4 rings (SSSR count). The molecule has 1 aromatic heterocycles. The molecule has 1 saturated heterocycles. The second-order valence-electron chi connectivity index (χ2n) is 11.1. The van der Waals surface area contributed by atoms with E-state index in [1.54, 1.807) is 18.3 Å². The Bertz CT molecular complexity index is 1060. The number of ether oxygens (including phenoxy) is 2. The molecule has 1 aromatic rings. The predicted octanol–water partition coefficient (Wildman–Crippen LogP) is 4.54. The van der Waals surface area contributed by atoms with Gasteiger partial charge >= 0.3 is 5.97 Å². The van der Waals surface area contributed by atoms with Gasteiger partial charge in [-0.05, 0) is 70.6 Å². The van der Waals surface area contributed by atoms with Gasteiger partial charge in [0.25, 0.3) is 0 Å². The van der Waals surface area contributed by atoms with E-state index in [9.17, 15) is 19.8 Å². The maximum atomic E-state index is 13.5. The van der Waals surface area contributed by atoms with Gasteiger partial charge in [0.05, 0.1) is 46.5 Å². The molecule has 3 aliphatic rings. The quantitative estimate of drug-likeness (QED) is 0.337. The fourth-order valence-corrected chi connectivity index (χ4v) is 6.23. The summed E-state index contributed by atoms with van der Waals surface area (Å²) in [5.41, 5.74) is 1.10. The number of aromatic nitrogens is 1. The van der Waals surface area contributed by atoms with E-state index in [1.807, 2.05) is 38.3 Å².